The summed E-state index contributed by atoms with van der Waals surface area (Å²) in [5.74, 6) is 4.43. The number of hydrogen-bond donors (Lipinski definition) is 0. The minimum absolute atomic E-state index is 1.08. The Bertz CT molecular complexity index is 196. The Hall–Kier alpha value is 0. The lowest BCUT2D eigenvalue weighted by molar-refractivity contribution is 0.0582. The normalized spacial score (nSPS) is 39.4. The highest BCUT2D eigenvalue weighted by atomic mass is 14.4. The smallest absolute Gasteiger partial charge is 0.0357 e. The predicted molar refractivity (Wildman–Crippen MR) is 71.5 cm³/mol. The molecule has 2 unspecified atom stereocenters. The lowest BCUT2D eigenvalue weighted by Gasteiger charge is -2.45. The summed E-state index contributed by atoms with van der Waals surface area (Å²) >= 11 is 0. The van der Waals surface area contributed by atoms with Gasteiger partial charge in [0, 0.05) is 0 Å². The van der Waals surface area contributed by atoms with Crippen molar-refractivity contribution in [2.24, 2.45) is 23.7 Å². The zero-order valence-electron chi connectivity index (χ0n) is 11.4. The monoisotopic (exact) mass is 222 g/mol. The molecule has 4 atom stereocenters. The Balaban J connectivity index is 1.97. The topological polar surface area (TPSA) is 0 Å². The van der Waals surface area contributed by atoms with E-state index in [1.807, 2.05) is 0 Å². The van der Waals surface area contributed by atoms with Crippen molar-refractivity contribution >= 4 is 0 Å². The summed E-state index contributed by atoms with van der Waals surface area (Å²) in [6.07, 6.45) is 15.2. The molecule has 2 fully saturated rings. The van der Waals surface area contributed by atoms with Gasteiger partial charge in [-0.3, -0.25) is 0 Å². The van der Waals surface area contributed by atoms with E-state index in [4.69, 9.17) is 0 Å². The van der Waals surface area contributed by atoms with E-state index < -0.39 is 0 Å². The van der Waals surface area contributed by atoms with Crippen LogP contribution in [0.5, 0.6) is 0 Å². The molecule has 0 amide bonds. The Labute approximate surface area is 102 Å². The van der Waals surface area contributed by atoms with Crippen LogP contribution < -0.4 is 0 Å². The van der Waals surface area contributed by atoms with Gasteiger partial charge in [-0.15, -0.1) is 0 Å². The molecule has 0 aromatic rings. The van der Waals surface area contributed by atoms with Gasteiger partial charge < -0.3 is 0 Å². The van der Waals surface area contributed by atoms with Crippen LogP contribution in [0, 0.1) is 23.7 Å². The molecule has 94 valence electrons. The van der Waals surface area contributed by atoms with Gasteiger partial charge in [-0.2, -0.15) is 0 Å². The van der Waals surface area contributed by atoms with Crippen LogP contribution in [0.4, 0.5) is 0 Å². The molecule has 16 heavy (non-hydrogen) atoms. The predicted octanol–water partition coefficient (Wildman–Crippen LogP) is 5.42. The standard InChI is InChI=1S/C16H30/c1-3-7-13-11-14(8-4-2)16-10-6-5-9-15(16)12-13/h13-16H,3-12H2,1-2H3/t13?,14-,15+,16?/m1/s1. The summed E-state index contributed by atoms with van der Waals surface area (Å²) in [5.41, 5.74) is 0. The molecule has 0 aromatic carbocycles. The third kappa shape index (κ3) is 2.81. The maximum Gasteiger partial charge on any atom is -0.0357 e. The molecule has 0 aliphatic heterocycles. The second kappa shape index (κ2) is 6.07. The van der Waals surface area contributed by atoms with Gasteiger partial charge in [0.2, 0.25) is 0 Å². The maximum atomic E-state index is 2.38. The quantitative estimate of drug-likeness (QED) is 0.596. The summed E-state index contributed by atoms with van der Waals surface area (Å²) in [4.78, 5) is 0. The van der Waals surface area contributed by atoms with Crippen LogP contribution >= 0.6 is 0 Å². The van der Waals surface area contributed by atoms with Crippen molar-refractivity contribution in [2.75, 3.05) is 0 Å². The fraction of sp³-hybridized carbons (Fsp3) is 1.00. The van der Waals surface area contributed by atoms with Crippen molar-refractivity contribution in [1.29, 1.82) is 0 Å². The summed E-state index contributed by atoms with van der Waals surface area (Å²) in [5, 5.41) is 0. The van der Waals surface area contributed by atoms with E-state index in [2.05, 4.69) is 13.8 Å². The van der Waals surface area contributed by atoms with E-state index in [1.165, 1.54) is 38.5 Å². The highest BCUT2D eigenvalue weighted by molar-refractivity contribution is 4.88. The summed E-state index contributed by atoms with van der Waals surface area (Å²) in [7, 11) is 0. The van der Waals surface area contributed by atoms with Crippen LogP contribution in [0.3, 0.4) is 0 Å². The van der Waals surface area contributed by atoms with Crippen molar-refractivity contribution in [3.8, 4) is 0 Å². The molecule has 0 N–H and O–H groups in total. The highest BCUT2D eigenvalue weighted by Gasteiger charge is 2.37. The third-order valence-corrected chi connectivity index (χ3v) is 5.20. The second-order valence-corrected chi connectivity index (χ2v) is 6.38. The molecular formula is C16H30. The molecule has 2 aliphatic rings. The van der Waals surface area contributed by atoms with Crippen LogP contribution in [-0.2, 0) is 0 Å². The first-order valence-electron chi connectivity index (χ1n) is 7.85. The Morgan fingerprint density at radius 1 is 0.875 bits per heavy atom. The number of rotatable bonds is 4. The Morgan fingerprint density at radius 2 is 1.62 bits per heavy atom. The van der Waals surface area contributed by atoms with Crippen molar-refractivity contribution in [1.82, 2.24) is 0 Å². The average molecular weight is 222 g/mol. The molecule has 2 rings (SSSR count). The van der Waals surface area contributed by atoms with Crippen LogP contribution in [0.25, 0.3) is 0 Å². The van der Waals surface area contributed by atoms with E-state index in [0.717, 1.165) is 23.7 Å². The minimum Gasteiger partial charge on any atom is -0.0654 e. The van der Waals surface area contributed by atoms with Gasteiger partial charge in [0.25, 0.3) is 0 Å². The molecule has 0 radical (unpaired) electrons. The van der Waals surface area contributed by atoms with Crippen molar-refractivity contribution in [2.45, 2.75) is 78.1 Å². The molecule has 0 saturated heterocycles. The molecule has 0 spiro atoms. The molecule has 2 saturated carbocycles. The van der Waals surface area contributed by atoms with E-state index in [1.54, 1.807) is 25.7 Å². The first kappa shape index (κ1) is 12.5. The van der Waals surface area contributed by atoms with Crippen molar-refractivity contribution < 1.29 is 0 Å². The molecule has 0 heteroatoms. The average Bonchev–Trinajstić information content (AvgIpc) is 2.30. The van der Waals surface area contributed by atoms with E-state index in [9.17, 15) is 0 Å². The maximum absolute atomic E-state index is 2.38. The van der Waals surface area contributed by atoms with E-state index in [0.29, 0.717) is 0 Å². The first-order chi connectivity index (χ1) is 7.85. The van der Waals surface area contributed by atoms with Gasteiger partial charge in [0.1, 0.15) is 0 Å². The summed E-state index contributed by atoms with van der Waals surface area (Å²) in [6, 6.07) is 0. The molecule has 0 bridgehead atoms. The fourth-order valence-corrected chi connectivity index (χ4v) is 4.62. The molecule has 0 nitrogen and oxygen atoms in total. The van der Waals surface area contributed by atoms with E-state index in [-0.39, 0.29) is 0 Å². The minimum atomic E-state index is 1.08. The van der Waals surface area contributed by atoms with E-state index >= 15 is 0 Å². The number of hydrogen-bond acceptors (Lipinski definition) is 0. The van der Waals surface area contributed by atoms with Crippen molar-refractivity contribution in [3.05, 3.63) is 0 Å². The second-order valence-electron chi connectivity index (χ2n) is 6.38. The van der Waals surface area contributed by atoms with Crippen LogP contribution in [0.15, 0.2) is 0 Å². The Kier molecular flexibility index (Phi) is 4.73. The zero-order chi connectivity index (χ0) is 11.4. The van der Waals surface area contributed by atoms with Gasteiger partial charge in [-0.05, 0) is 42.9 Å². The lowest BCUT2D eigenvalue weighted by atomic mass is 9.61. The lowest BCUT2D eigenvalue weighted by Crippen LogP contribution is -2.34. The van der Waals surface area contributed by atoms with Crippen LogP contribution in [-0.4, -0.2) is 0 Å². The molecule has 0 heterocycles. The fourth-order valence-electron chi connectivity index (χ4n) is 4.62. The molecular weight excluding hydrogens is 192 g/mol. The van der Waals surface area contributed by atoms with Gasteiger partial charge in [-0.25, -0.2) is 0 Å². The zero-order valence-corrected chi connectivity index (χ0v) is 11.4. The first-order valence-corrected chi connectivity index (χ1v) is 7.85. The largest absolute Gasteiger partial charge is 0.0654 e. The Morgan fingerprint density at radius 3 is 2.38 bits per heavy atom. The van der Waals surface area contributed by atoms with Crippen LogP contribution in [0.1, 0.15) is 78.1 Å². The number of fused-ring (bicyclic) bond motifs is 1. The van der Waals surface area contributed by atoms with Gasteiger partial charge in [0.05, 0.1) is 0 Å². The van der Waals surface area contributed by atoms with Crippen molar-refractivity contribution in [3.63, 3.8) is 0 Å². The van der Waals surface area contributed by atoms with Crippen LogP contribution in [0.2, 0.25) is 0 Å². The molecule has 2 aliphatic carbocycles. The summed E-state index contributed by atoms with van der Waals surface area (Å²) in [6.45, 7) is 4.74. The molecule has 0 aromatic heterocycles. The SMILES string of the molecule is CCCC1C[C@@H](CCC)C2CCCC[C@H]2C1. The third-order valence-electron chi connectivity index (χ3n) is 5.20. The van der Waals surface area contributed by atoms with Gasteiger partial charge in [0.15, 0.2) is 0 Å². The van der Waals surface area contributed by atoms with Gasteiger partial charge in [-0.1, -0.05) is 58.8 Å². The summed E-state index contributed by atoms with van der Waals surface area (Å²) < 4.78 is 0. The van der Waals surface area contributed by atoms with Gasteiger partial charge >= 0.3 is 0 Å². The highest BCUT2D eigenvalue weighted by Crippen LogP contribution is 2.48.